The van der Waals surface area contributed by atoms with Gasteiger partial charge in [-0.2, -0.15) is 0 Å². The highest BCUT2D eigenvalue weighted by Gasteiger charge is 2.28. The predicted octanol–water partition coefficient (Wildman–Crippen LogP) is 3.89. The maximum Gasteiger partial charge on any atom is 0.410 e. The monoisotopic (exact) mass is 389 g/mol. The number of carbonyl (C=O) groups excluding carboxylic acids is 2. The summed E-state index contributed by atoms with van der Waals surface area (Å²) in [6.07, 6.45) is -0.340. The molecule has 7 heteroatoms. The van der Waals surface area contributed by atoms with Crippen molar-refractivity contribution in [2.24, 2.45) is 0 Å². The summed E-state index contributed by atoms with van der Waals surface area (Å²) in [6.45, 7) is 9.18. The molecule has 1 aromatic heterocycles. The summed E-state index contributed by atoms with van der Waals surface area (Å²) in [5, 5.41) is 1.45. The molecule has 0 bridgehead atoms. The third-order valence-electron chi connectivity index (χ3n) is 4.42. The van der Waals surface area contributed by atoms with E-state index in [4.69, 9.17) is 16.3 Å². The summed E-state index contributed by atoms with van der Waals surface area (Å²) in [7, 11) is 0. The quantitative estimate of drug-likeness (QED) is 0.742. The van der Waals surface area contributed by atoms with Gasteiger partial charge in [-0.05, 0) is 52.0 Å². The minimum Gasteiger partial charge on any atom is -0.444 e. The van der Waals surface area contributed by atoms with Crippen molar-refractivity contribution in [3.8, 4) is 0 Å². The number of piperazine rings is 1. The molecule has 1 fully saturated rings. The first-order chi connectivity index (χ1) is 12.6. The van der Waals surface area contributed by atoms with Crippen LogP contribution in [0.15, 0.2) is 24.3 Å². The Kier molecular flexibility index (Phi) is 5.29. The summed E-state index contributed by atoms with van der Waals surface area (Å²) in [4.78, 5) is 33.1. The zero-order valence-electron chi connectivity index (χ0n) is 16.1. The number of halogens is 1. The van der Waals surface area contributed by atoms with Gasteiger partial charge in [0.05, 0.1) is 16.8 Å². The number of carbonyl (C=O) groups is 2. The van der Waals surface area contributed by atoms with Gasteiger partial charge in [-0.25, -0.2) is 4.79 Å². The molecule has 144 valence electrons. The van der Waals surface area contributed by atoms with E-state index in [2.05, 4.69) is 4.98 Å². The number of pyridine rings is 1. The molecule has 2 aromatic rings. The lowest BCUT2D eigenvalue weighted by Crippen LogP contribution is -2.51. The molecule has 0 unspecified atom stereocenters. The molecular formula is C20H24ClN3O3. The van der Waals surface area contributed by atoms with Gasteiger partial charge in [-0.1, -0.05) is 11.6 Å². The fraction of sp³-hybridized carbons (Fsp3) is 0.450. The Morgan fingerprint density at radius 1 is 1.07 bits per heavy atom. The third-order valence-corrected chi connectivity index (χ3v) is 4.65. The van der Waals surface area contributed by atoms with E-state index < -0.39 is 5.60 Å². The summed E-state index contributed by atoms with van der Waals surface area (Å²) >= 11 is 6.06. The molecule has 2 heterocycles. The summed E-state index contributed by atoms with van der Waals surface area (Å²) in [6, 6.07) is 7.28. The van der Waals surface area contributed by atoms with Gasteiger partial charge in [0.15, 0.2) is 0 Å². The van der Waals surface area contributed by atoms with Crippen LogP contribution in [-0.4, -0.2) is 58.6 Å². The number of ether oxygens (including phenoxy) is 1. The van der Waals surface area contributed by atoms with Crippen molar-refractivity contribution in [3.05, 3.63) is 40.5 Å². The van der Waals surface area contributed by atoms with Gasteiger partial charge in [-0.15, -0.1) is 0 Å². The van der Waals surface area contributed by atoms with Crippen molar-refractivity contribution in [2.75, 3.05) is 26.2 Å². The van der Waals surface area contributed by atoms with Crippen LogP contribution < -0.4 is 0 Å². The van der Waals surface area contributed by atoms with E-state index in [9.17, 15) is 9.59 Å². The van der Waals surface area contributed by atoms with Gasteiger partial charge in [-0.3, -0.25) is 9.78 Å². The van der Waals surface area contributed by atoms with Gasteiger partial charge in [0.25, 0.3) is 5.91 Å². The Bertz CT molecular complexity index is 884. The highest BCUT2D eigenvalue weighted by Crippen LogP contribution is 2.22. The molecule has 0 N–H and O–H groups in total. The lowest BCUT2D eigenvalue weighted by molar-refractivity contribution is 0.0140. The maximum absolute atomic E-state index is 13.0. The number of rotatable bonds is 1. The van der Waals surface area contributed by atoms with Crippen LogP contribution in [0.1, 0.15) is 36.8 Å². The van der Waals surface area contributed by atoms with Crippen molar-refractivity contribution in [3.63, 3.8) is 0 Å². The lowest BCUT2D eigenvalue weighted by atomic mass is 10.1. The standard InChI is InChI=1S/C20H24ClN3O3/c1-13-16(12-14-11-15(21)5-6-17(14)22-13)18(25)23-7-9-24(10-8-23)19(26)27-20(2,3)4/h5-6,11-12H,7-10H2,1-4H3. The van der Waals surface area contributed by atoms with Crippen LogP contribution in [0.5, 0.6) is 0 Å². The minimum absolute atomic E-state index is 0.0780. The van der Waals surface area contributed by atoms with E-state index >= 15 is 0 Å². The van der Waals surface area contributed by atoms with E-state index in [1.807, 2.05) is 39.8 Å². The Labute approximate surface area is 164 Å². The molecule has 1 saturated heterocycles. The second kappa shape index (κ2) is 7.35. The van der Waals surface area contributed by atoms with Crippen molar-refractivity contribution in [2.45, 2.75) is 33.3 Å². The number of nitrogens with zero attached hydrogens (tertiary/aromatic N) is 3. The largest absolute Gasteiger partial charge is 0.444 e. The average molecular weight is 390 g/mol. The molecule has 1 aliphatic heterocycles. The van der Waals surface area contributed by atoms with Gasteiger partial charge >= 0.3 is 6.09 Å². The zero-order valence-corrected chi connectivity index (χ0v) is 16.8. The highest BCUT2D eigenvalue weighted by molar-refractivity contribution is 6.31. The molecule has 0 atom stereocenters. The van der Waals surface area contributed by atoms with Crippen LogP contribution >= 0.6 is 11.6 Å². The number of aromatic nitrogens is 1. The molecule has 1 aromatic carbocycles. The van der Waals surface area contributed by atoms with Gasteiger partial charge in [0, 0.05) is 36.6 Å². The minimum atomic E-state index is -0.529. The van der Waals surface area contributed by atoms with Crippen LogP contribution in [0.25, 0.3) is 10.9 Å². The van der Waals surface area contributed by atoms with Crippen molar-refractivity contribution < 1.29 is 14.3 Å². The second-order valence-corrected chi connectivity index (χ2v) is 8.15. The normalized spacial score (nSPS) is 15.1. The number of hydrogen-bond acceptors (Lipinski definition) is 4. The maximum atomic E-state index is 13.0. The van der Waals surface area contributed by atoms with Crippen LogP contribution in [0, 0.1) is 6.92 Å². The lowest BCUT2D eigenvalue weighted by Gasteiger charge is -2.35. The molecular weight excluding hydrogens is 366 g/mol. The Morgan fingerprint density at radius 3 is 2.33 bits per heavy atom. The average Bonchev–Trinajstić information content (AvgIpc) is 2.59. The molecule has 6 nitrogen and oxygen atoms in total. The van der Waals surface area contributed by atoms with E-state index in [-0.39, 0.29) is 12.0 Å². The summed E-state index contributed by atoms with van der Waals surface area (Å²) in [5.41, 5.74) is 1.53. The first kappa shape index (κ1) is 19.4. The number of amides is 2. The van der Waals surface area contributed by atoms with E-state index in [1.165, 1.54) is 0 Å². The smallest absolute Gasteiger partial charge is 0.410 e. The predicted molar refractivity (Wildman–Crippen MR) is 105 cm³/mol. The van der Waals surface area contributed by atoms with Crippen LogP contribution in [0.3, 0.4) is 0 Å². The SMILES string of the molecule is Cc1nc2ccc(Cl)cc2cc1C(=O)N1CCN(C(=O)OC(C)(C)C)CC1. The number of benzene rings is 1. The van der Waals surface area contributed by atoms with E-state index in [0.29, 0.717) is 42.5 Å². The first-order valence-electron chi connectivity index (χ1n) is 8.98. The molecule has 1 aliphatic rings. The van der Waals surface area contributed by atoms with Crippen LogP contribution in [0.2, 0.25) is 5.02 Å². The molecule has 0 saturated carbocycles. The molecule has 3 rings (SSSR count). The second-order valence-electron chi connectivity index (χ2n) is 7.72. The van der Waals surface area contributed by atoms with Crippen molar-refractivity contribution >= 4 is 34.5 Å². The highest BCUT2D eigenvalue weighted by atomic mass is 35.5. The van der Waals surface area contributed by atoms with Gasteiger partial charge in [0.1, 0.15) is 5.60 Å². The van der Waals surface area contributed by atoms with Crippen LogP contribution in [-0.2, 0) is 4.74 Å². The Balaban J connectivity index is 1.72. The third kappa shape index (κ3) is 4.50. The van der Waals surface area contributed by atoms with Crippen molar-refractivity contribution in [1.82, 2.24) is 14.8 Å². The zero-order chi connectivity index (χ0) is 19.8. The molecule has 0 aliphatic carbocycles. The fourth-order valence-electron chi connectivity index (χ4n) is 3.05. The molecule has 27 heavy (non-hydrogen) atoms. The Morgan fingerprint density at radius 2 is 1.70 bits per heavy atom. The van der Waals surface area contributed by atoms with Gasteiger partial charge < -0.3 is 14.5 Å². The fourth-order valence-corrected chi connectivity index (χ4v) is 3.23. The summed E-state index contributed by atoms with van der Waals surface area (Å²) in [5.74, 6) is -0.0780. The van der Waals surface area contributed by atoms with E-state index in [1.54, 1.807) is 21.9 Å². The number of hydrogen-bond donors (Lipinski definition) is 0. The van der Waals surface area contributed by atoms with Crippen LogP contribution in [0.4, 0.5) is 4.79 Å². The summed E-state index contributed by atoms with van der Waals surface area (Å²) < 4.78 is 5.40. The number of fused-ring (bicyclic) bond motifs is 1. The number of aryl methyl sites for hydroxylation is 1. The van der Waals surface area contributed by atoms with E-state index in [0.717, 1.165) is 10.9 Å². The van der Waals surface area contributed by atoms with Crippen molar-refractivity contribution in [1.29, 1.82) is 0 Å². The molecule has 0 spiro atoms. The van der Waals surface area contributed by atoms with Gasteiger partial charge in [0.2, 0.25) is 0 Å². The topological polar surface area (TPSA) is 62.7 Å². The Hall–Kier alpha value is -2.34. The molecule has 2 amide bonds. The first-order valence-corrected chi connectivity index (χ1v) is 9.36. The molecule has 0 radical (unpaired) electrons.